The first kappa shape index (κ1) is 19.3. The van der Waals surface area contributed by atoms with E-state index in [-0.39, 0.29) is 12.4 Å². The van der Waals surface area contributed by atoms with Gasteiger partial charge in [0.1, 0.15) is 5.75 Å². The van der Waals surface area contributed by atoms with E-state index in [1.165, 1.54) is 63.6 Å². The topological polar surface area (TPSA) is 23.5 Å². The van der Waals surface area contributed by atoms with Gasteiger partial charge in [0.05, 0.1) is 0 Å². The monoisotopic (exact) mass is 325 g/mol. The van der Waals surface area contributed by atoms with Crippen LogP contribution in [-0.4, -0.2) is 29.6 Å². The molecule has 126 valence electrons. The lowest BCUT2D eigenvalue weighted by Crippen LogP contribution is -2.29. The second-order valence-electron chi connectivity index (χ2n) is 6.55. The molecule has 0 aromatic heterocycles. The first-order valence-electron chi connectivity index (χ1n) is 8.78. The van der Waals surface area contributed by atoms with Crippen LogP contribution < -0.4 is 0 Å². The number of benzene rings is 1. The van der Waals surface area contributed by atoms with Crippen LogP contribution in [0.4, 0.5) is 0 Å². The van der Waals surface area contributed by atoms with Gasteiger partial charge < -0.3 is 10.0 Å². The molecule has 0 unspecified atom stereocenters. The van der Waals surface area contributed by atoms with E-state index >= 15 is 0 Å². The standard InChI is InChI=1S/C19H31NO.ClH/c1-2-13-20(14-11-17-7-4-3-5-8-17)15-12-18-9-6-10-19(21)16-18;/h6,9-10,16-17,21H,2-5,7-8,11-15H2,1H3;1H. The molecule has 0 saturated heterocycles. The minimum Gasteiger partial charge on any atom is -0.508 e. The normalized spacial score (nSPS) is 15.7. The molecule has 3 heteroatoms. The lowest BCUT2D eigenvalue weighted by atomic mass is 9.87. The zero-order chi connectivity index (χ0) is 14.9. The molecule has 1 aromatic rings. The lowest BCUT2D eigenvalue weighted by Gasteiger charge is -2.27. The van der Waals surface area contributed by atoms with Gasteiger partial charge in [-0.3, -0.25) is 0 Å². The molecule has 2 nitrogen and oxygen atoms in total. The van der Waals surface area contributed by atoms with Gasteiger partial charge in [0, 0.05) is 6.54 Å². The maximum Gasteiger partial charge on any atom is 0.115 e. The molecular weight excluding hydrogens is 294 g/mol. The summed E-state index contributed by atoms with van der Waals surface area (Å²) in [4.78, 5) is 2.61. The highest BCUT2D eigenvalue weighted by Crippen LogP contribution is 2.26. The van der Waals surface area contributed by atoms with Gasteiger partial charge in [-0.25, -0.2) is 0 Å². The summed E-state index contributed by atoms with van der Waals surface area (Å²) in [6.07, 6.45) is 10.9. The van der Waals surface area contributed by atoms with Crippen molar-refractivity contribution in [1.29, 1.82) is 0 Å². The Labute approximate surface area is 142 Å². The highest BCUT2D eigenvalue weighted by molar-refractivity contribution is 5.85. The van der Waals surface area contributed by atoms with Crippen molar-refractivity contribution in [3.63, 3.8) is 0 Å². The van der Waals surface area contributed by atoms with Gasteiger partial charge >= 0.3 is 0 Å². The van der Waals surface area contributed by atoms with Crippen LogP contribution in [0.25, 0.3) is 0 Å². The summed E-state index contributed by atoms with van der Waals surface area (Å²) in [6.45, 7) is 5.83. The van der Waals surface area contributed by atoms with Crippen LogP contribution in [0.3, 0.4) is 0 Å². The number of nitrogens with zero attached hydrogens (tertiary/aromatic N) is 1. The fourth-order valence-electron chi connectivity index (χ4n) is 3.49. The molecule has 0 atom stereocenters. The number of rotatable bonds is 8. The molecule has 1 N–H and O–H groups in total. The Morgan fingerprint density at radius 2 is 1.86 bits per heavy atom. The third-order valence-corrected chi connectivity index (χ3v) is 4.75. The van der Waals surface area contributed by atoms with Crippen LogP contribution in [-0.2, 0) is 6.42 Å². The first-order valence-corrected chi connectivity index (χ1v) is 8.78. The minimum atomic E-state index is 0. The summed E-state index contributed by atoms with van der Waals surface area (Å²) >= 11 is 0. The van der Waals surface area contributed by atoms with Crippen molar-refractivity contribution in [2.45, 2.75) is 58.3 Å². The van der Waals surface area contributed by atoms with Gasteiger partial charge in [-0.2, -0.15) is 0 Å². The molecule has 0 heterocycles. The van der Waals surface area contributed by atoms with E-state index in [1.807, 2.05) is 12.1 Å². The number of phenolic OH excluding ortho intramolecular Hbond substituents is 1. The highest BCUT2D eigenvalue weighted by Gasteiger charge is 2.14. The Bertz CT molecular complexity index is 404. The van der Waals surface area contributed by atoms with Gasteiger partial charge in [-0.1, -0.05) is 51.2 Å². The van der Waals surface area contributed by atoms with Crippen molar-refractivity contribution in [1.82, 2.24) is 4.90 Å². The van der Waals surface area contributed by atoms with E-state index in [0.29, 0.717) is 5.75 Å². The van der Waals surface area contributed by atoms with Crippen LogP contribution in [0.5, 0.6) is 5.75 Å². The Morgan fingerprint density at radius 1 is 1.09 bits per heavy atom. The molecule has 1 saturated carbocycles. The Hall–Kier alpha value is -0.730. The van der Waals surface area contributed by atoms with Crippen molar-refractivity contribution in [3.05, 3.63) is 29.8 Å². The summed E-state index contributed by atoms with van der Waals surface area (Å²) < 4.78 is 0. The van der Waals surface area contributed by atoms with E-state index in [9.17, 15) is 5.11 Å². The molecular formula is C19H32ClNO. The summed E-state index contributed by atoms with van der Waals surface area (Å²) in [5, 5.41) is 9.54. The van der Waals surface area contributed by atoms with Crippen LogP contribution >= 0.6 is 12.4 Å². The molecule has 2 rings (SSSR count). The molecule has 0 radical (unpaired) electrons. The molecule has 0 amide bonds. The van der Waals surface area contributed by atoms with Crippen LogP contribution in [0, 0.1) is 5.92 Å². The third kappa shape index (κ3) is 7.02. The predicted molar refractivity (Wildman–Crippen MR) is 97.0 cm³/mol. The van der Waals surface area contributed by atoms with E-state index in [2.05, 4.69) is 17.9 Å². The Morgan fingerprint density at radius 3 is 2.55 bits per heavy atom. The fourth-order valence-corrected chi connectivity index (χ4v) is 3.49. The smallest absolute Gasteiger partial charge is 0.115 e. The third-order valence-electron chi connectivity index (χ3n) is 4.75. The van der Waals surface area contributed by atoms with Crippen molar-refractivity contribution in [3.8, 4) is 5.75 Å². The number of hydrogen-bond donors (Lipinski definition) is 1. The van der Waals surface area contributed by atoms with E-state index in [4.69, 9.17) is 0 Å². The average Bonchev–Trinajstić information content (AvgIpc) is 2.51. The lowest BCUT2D eigenvalue weighted by molar-refractivity contribution is 0.233. The molecule has 0 bridgehead atoms. The molecule has 1 aliphatic carbocycles. The maximum absolute atomic E-state index is 9.54. The van der Waals surface area contributed by atoms with Gasteiger partial charge in [-0.05, 0) is 56.0 Å². The summed E-state index contributed by atoms with van der Waals surface area (Å²) in [6, 6.07) is 7.70. The van der Waals surface area contributed by atoms with Crippen LogP contribution in [0.1, 0.15) is 57.4 Å². The zero-order valence-electron chi connectivity index (χ0n) is 14.0. The maximum atomic E-state index is 9.54. The van der Waals surface area contributed by atoms with Gasteiger partial charge in [0.15, 0.2) is 0 Å². The van der Waals surface area contributed by atoms with Crippen molar-refractivity contribution >= 4 is 12.4 Å². The Kier molecular flexibility index (Phi) is 9.58. The SMILES string of the molecule is CCCN(CCc1cccc(O)c1)CCC1CCCCC1.Cl. The van der Waals surface area contributed by atoms with Crippen molar-refractivity contribution in [2.24, 2.45) is 5.92 Å². The fraction of sp³-hybridized carbons (Fsp3) is 0.684. The number of phenols is 1. The average molecular weight is 326 g/mol. The van der Waals surface area contributed by atoms with E-state index in [1.54, 1.807) is 6.07 Å². The van der Waals surface area contributed by atoms with Gasteiger partial charge in [0.25, 0.3) is 0 Å². The van der Waals surface area contributed by atoms with Crippen LogP contribution in [0.2, 0.25) is 0 Å². The largest absolute Gasteiger partial charge is 0.508 e. The molecule has 0 aliphatic heterocycles. The van der Waals surface area contributed by atoms with E-state index in [0.717, 1.165) is 18.9 Å². The van der Waals surface area contributed by atoms with Crippen molar-refractivity contribution in [2.75, 3.05) is 19.6 Å². The summed E-state index contributed by atoms with van der Waals surface area (Å²) in [5.41, 5.74) is 1.24. The molecule has 1 fully saturated rings. The first-order chi connectivity index (χ1) is 10.3. The summed E-state index contributed by atoms with van der Waals surface area (Å²) in [7, 11) is 0. The van der Waals surface area contributed by atoms with E-state index < -0.39 is 0 Å². The molecule has 22 heavy (non-hydrogen) atoms. The number of hydrogen-bond acceptors (Lipinski definition) is 2. The Balaban J connectivity index is 0.00000242. The highest BCUT2D eigenvalue weighted by atomic mass is 35.5. The van der Waals surface area contributed by atoms with Gasteiger partial charge in [-0.15, -0.1) is 12.4 Å². The second kappa shape index (κ2) is 10.9. The molecule has 0 spiro atoms. The zero-order valence-corrected chi connectivity index (χ0v) is 14.8. The number of aromatic hydroxyl groups is 1. The predicted octanol–water partition coefficient (Wildman–Crippen LogP) is 5.04. The minimum absolute atomic E-state index is 0. The second-order valence-corrected chi connectivity index (χ2v) is 6.55. The van der Waals surface area contributed by atoms with Crippen molar-refractivity contribution < 1.29 is 5.11 Å². The van der Waals surface area contributed by atoms with Crippen LogP contribution in [0.15, 0.2) is 24.3 Å². The summed E-state index contributed by atoms with van der Waals surface area (Å²) in [5.74, 6) is 1.36. The van der Waals surface area contributed by atoms with Gasteiger partial charge in [0.2, 0.25) is 0 Å². The number of halogens is 1. The molecule has 1 aliphatic rings. The molecule has 1 aromatic carbocycles. The quantitative estimate of drug-likeness (QED) is 0.723.